The first kappa shape index (κ1) is 23.5. The van der Waals surface area contributed by atoms with E-state index in [0.29, 0.717) is 25.6 Å². The summed E-state index contributed by atoms with van der Waals surface area (Å²) in [5.41, 5.74) is 0.877. The quantitative estimate of drug-likeness (QED) is 0.492. The number of thiophene rings is 1. The third kappa shape index (κ3) is 6.63. The van der Waals surface area contributed by atoms with Crippen molar-refractivity contribution in [2.24, 2.45) is 11.8 Å². The predicted octanol–water partition coefficient (Wildman–Crippen LogP) is 5.40. The van der Waals surface area contributed by atoms with Gasteiger partial charge in [0.15, 0.2) is 0 Å². The van der Waals surface area contributed by atoms with Gasteiger partial charge in [0.2, 0.25) is 11.8 Å². The fourth-order valence-corrected chi connectivity index (χ4v) is 4.62. The first-order valence-corrected chi connectivity index (χ1v) is 12.0. The smallest absolute Gasteiger partial charge is 0.242 e. The van der Waals surface area contributed by atoms with E-state index >= 15 is 0 Å². The van der Waals surface area contributed by atoms with Crippen molar-refractivity contribution in [3.8, 4) is 0 Å². The van der Waals surface area contributed by atoms with Gasteiger partial charge >= 0.3 is 0 Å². The molecule has 1 atom stereocenters. The van der Waals surface area contributed by atoms with E-state index in [4.69, 9.17) is 0 Å². The van der Waals surface area contributed by atoms with E-state index in [0.717, 1.165) is 36.1 Å². The van der Waals surface area contributed by atoms with Crippen molar-refractivity contribution in [3.05, 3.63) is 57.5 Å². The van der Waals surface area contributed by atoms with E-state index in [9.17, 15) is 14.0 Å². The van der Waals surface area contributed by atoms with E-state index < -0.39 is 0 Å². The van der Waals surface area contributed by atoms with Crippen LogP contribution in [0.15, 0.2) is 36.4 Å². The summed E-state index contributed by atoms with van der Waals surface area (Å²) >= 11 is 1.67. The molecule has 4 nitrogen and oxygen atoms in total. The summed E-state index contributed by atoms with van der Waals surface area (Å²) in [6, 6.07) is 10.4. The highest BCUT2D eigenvalue weighted by Crippen LogP contribution is 2.29. The Morgan fingerprint density at radius 3 is 2.35 bits per heavy atom. The largest absolute Gasteiger partial charge is 0.333 e. The monoisotopic (exact) mass is 444 g/mol. The number of hydrogen-bond donors (Lipinski definition) is 0. The average Bonchev–Trinajstić information content (AvgIpc) is 3.11. The molecule has 0 aliphatic heterocycles. The molecular formula is C25H33FN2O2S. The molecule has 3 rings (SSSR count). The summed E-state index contributed by atoms with van der Waals surface area (Å²) < 4.78 is 13.3. The Morgan fingerprint density at radius 2 is 1.81 bits per heavy atom. The predicted molar refractivity (Wildman–Crippen MR) is 123 cm³/mol. The standard InChI is InChI=1S/C25H33FN2O2S/c1-4-18(2)14-28(25(30)21-6-5-7-21)17-24(29)27(16-23-13-8-19(3)31-23)15-20-9-11-22(26)12-10-20/h8-13,18,21H,4-7,14-17H2,1-3H3/t18-/m0/s1. The Hall–Kier alpha value is -2.21. The molecule has 2 aromatic rings. The van der Waals surface area contributed by atoms with Crippen molar-refractivity contribution in [1.29, 1.82) is 0 Å². The Kier molecular flexibility index (Phi) is 8.24. The highest BCUT2D eigenvalue weighted by Gasteiger charge is 2.32. The van der Waals surface area contributed by atoms with Crippen LogP contribution in [0, 0.1) is 24.6 Å². The first-order chi connectivity index (χ1) is 14.9. The van der Waals surface area contributed by atoms with E-state index in [1.54, 1.807) is 33.3 Å². The van der Waals surface area contributed by atoms with Gasteiger partial charge in [0.1, 0.15) is 5.82 Å². The van der Waals surface area contributed by atoms with Crippen LogP contribution >= 0.6 is 11.3 Å². The van der Waals surface area contributed by atoms with Gasteiger partial charge < -0.3 is 9.80 Å². The highest BCUT2D eigenvalue weighted by molar-refractivity contribution is 7.11. The van der Waals surface area contributed by atoms with Crippen LogP contribution in [0.25, 0.3) is 0 Å². The van der Waals surface area contributed by atoms with Gasteiger partial charge in [-0.3, -0.25) is 9.59 Å². The van der Waals surface area contributed by atoms with E-state index in [1.165, 1.54) is 17.0 Å². The summed E-state index contributed by atoms with van der Waals surface area (Å²) in [7, 11) is 0. The van der Waals surface area contributed by atoms with Gasteiger partial charge in [-0.1, -0.05) is 38.8 Å². The minimum absolute atomic E-state index is 0.0636. The lowest BCUT2D eigenvalue weighted by Crippen LogP contribution is -2.47. The van der Waals surface area contributed by atoms with E-state index in [-0.39, 0.29) is 30.1 Å². The fourth-order valence-electron chi connectivity index (χ4n) is 3.72. The molecule has 1 heterocycles. The number of halogens is 1. The fraction of sp³-hybridized carbons (Fsp3) is 0.520. The topological polar surface area (TPSA) is 40.6 Å². The lowest BCUT2D eigenvalue weighted by Gasteiger charge is -2.34. The van der Waals surface area contributed by atoms with Gasteiger partial charge in [0, 0.05) is 28.8 Å². The second kappa shape index (κ2) is 10.9. The van der Waals surface area contributed by atoms with E-state index in [1.807, 2.05) is 13.0 Å². The second-order valence-electron chi connectivity index (χ2n) is 8.75. The van der Waals surface area contributed by atoms with Gasteiger partial charge in [-0.25, -0.2) is 4.39 Å². The number of hydrogen-bond acceptors (Lipinski definition) is 3. The minimum atomic E-state index is -0.290. The molecule has 0 N–H and O–H groups in total. The molecule has 1 saturated carbocycles. The summed E-state index contributed by atoms with van der Waals surface area (Å²) in [6.45, 7) is 7.87. The van der Waals surface area contributed by atoms with Crippen molar-refractivity contribution in [2.75, 3.05) is 13.1 Å². The normalized spacial score (nSPS) is 14.7. The van der Waals surface area contributed by atoms with Crippen molar-refractivity contribution < 1.29 is 14.0 Å². The molecule has 1 aromatic heterocycles. The molecule has 0 saturated heterocycles. The zero-order chi connectivity index (χ0) is 22.4. The van der Waals surface area contributed by atoms with Crippen molar-refractivity contribution >= 4 is 23.2 Å². The lowest BCUT2D eigenvalue weighted by molar-refractivity contribution is -0.145. The lowest BCUT2D eigenvalue weighted by atomic mass is 9.84. The summed E-state index contributed by atoms with van der Waals surface area (Å²) in [6.07, 6.45) is 3.92. The molecule has 6 heteroatoms. The molecule has 2 amide bonds. The zero-order valence-electron chi connectivity index (χ0n) is 18.8. The van der Waals surface area contributed by atoms with Gasteiger partial charge in [0.25, 0.3) is 0 Å². The average molecular weight is 445 g/mol. The van der Waals surface area contributed by atoms with Gasteiger partial charge in [0.05, 0.1) is 13.1 Å². The molecule has 168 valence electrons. The van der Waals surface area contributed by atoms with Crippen molar-refractivity contribution in [2.45, 2.75) is 59.5 Å². The molecule has 1 aliphatic carbocycles. The summed E-state index contributed by atoms with van der Waals surface area (Å²) in [5, 5.41) is 0. The summed E-state index contributed by atoms with van der Waals surface area (Å²) in [5.74, 6) is 0.186. The third-order valence-corrected chi connectivity index (χ3v) is 7.09. The molecule has 1 aromatic carbocycles. The maximum absolute atomic E-state index is 13.4. The number of benzene rings is 1. The van der Waals surface area contributed by atoms with Crippen LogP contribution in [-0.2, 0) is 22.7 Å². The Balaban J connectivity index is 1.76. The number of nitrogens with zero attached hydrogens (tertiary/aromatic N) is 2. The number of carbonyl (C=O) groups is 2. The number of rotatable bonds is 10. The second-order valence-corrected chi connectivity index (χ2v) is 10.1. The molecule has 1 fully saturated rings. The Labute approximate surface area is 189 Å². The van der Waals surface area contributed by atoms with Crippen LogP contribution in [0.5, 0.6) is 0 Å². The Bertz CT molecular complexity index is 876. The molecule has 31 heavy (non-hydrogen) atoms. The van der Waals surface area contributed by atoms with Crippen LogP contribution in [-0.4, -0.2) is 34.7 Å². The number of carbonyl (C=O) groups excluding carboxylic acids is 2. The molecule has 1 aliphatic rings. The van der Waals surface area contributed by atoms with Crippen molar-refractivity contribution in [1.82, 2.24) is 9.80 Å². The van der Waals surface area contributed by atoms with Crippen LogP contribution < -0.4 is 0 Å². The molecule has 0 spiro atoms. The van der Waals surface area contributed by atoms with E-state index in [2.05, 4.69) is 19.9 Å². The van der Waals surface area contributed by atoms with Crippen LogP contribution in [0.3, 0.4) is 0 Å². The van der Waals surface area contributed by atoms with Crippen molar-refractivity contribution in [3.63, 3.8) is 0 Å². The van der Waals surface area contributed by atoms with Crippen LogP contribution in [0.1, 0.15) is 54.8 Å². The molecule has 0 radical (unpaired) electrons. The Morgan fingerprint density at radius 1 is 1.10 bits per heavy atom. The zero-order valence-corrected chi connectivity index (χ0v) is 19.6. The summed E-state index contributed by atoms with van der Waals surface area (Å²) in [4.78, 5) is 32.3. The highest BCUT2D eigenvalue weighted by atomic mass is 32.1. The van der Waals surface area contributed by atoms with Gasteiger partial charge in [-0.05, 0) is 55.5 Å². The first-order valence-electron chi connectivity index (χ1n) is 11.2. The number of aryl methyl sites for hydroxylation is 1. The SMILES string of the molecule is CC[C@H](C)CN(CC(=O)N(Cc1ccc(F)cc1)Cc1ccc(C)s1)C(=O)C1CCC1. The number of amides is 2. The molecule has 0 unspecified atom stereocenters. The molecular weight excluding hydrogens is 411 g/mol. The van der Waals surface area contributed by atoms with Crippen LogP contribution in [0.4, 0.5) is 4.39 Å². The van der Waals surface area contributed by atoms with Gasteiger partial charge in [-0.2, -0.15) is 0 Å². The molecule has 0 bridgehead atoms. The maximum Gasteiger partial charge on any atom is 0.242 e. The minimum Gasteiger partial charge on any atom is -0.333 e. The maximum atomic E-state index is 13.4. The van der Waals surface area contributed by atoms with Gasteiger partial charge in [-0.15, -0.1) is 11.3 Å². The van der Waals surface area contributed by atoms with Crippen LogP contribution in [0.2, 0.25) is 0 Å². The third-order valence-electron chi connectivity index (χ3n) is 6.10.